The van der Waals surface area contributed by atoms with E-state index < -0.39 is 21.8 Å². The molecule has 0 heterocycles. The van der Waals surface area contributed by atoms with Gasteiger partial charge in [0, 0.05) is 12.0 Å². The molecule has 9 nitrogen and oxygen atoms in total. The molecule has 10 heteroatoms. The Hall–Kier alpha value is -3.11. The zero-order chi connectivity index (χ0) is 21.4. The first-order valence-electron chi connectivity index (χ1n) is 8.76. The molecule has 2 rings (SSSR count). The highest BCUT2D eigenvalue weighted by molar-refractivity contribution is 7.89. The van der Waals surface area contributed by atoms with Crippen LogP contribution in [-0.2, 0) is 21.2 Å². The Balaban J connectivity index is 1.86. The highest BCUT2D eigenvalue weighted by Gasteiger charge is 2.12. The van der Waals surface area contributed by atoms with Gasteiger partial charge in [-0.3, -0.25) is 20.4 Å². The second kappa shape index (κ2) is 9.89. The van der Waals surface area contributed by atoms with Gasteiger partial charge in [0.15, 0.2) is 11.5 Å². The number of nitrogens with one attached hydrogen (secondary N) is 2. The summed E-state index contributed by atoms with van der Waals surface area (Å²) in [5.74, 6) is 0.0294. The van der Waals surface area contributed by atoms with Crippen LogP contribution in [0.25, 0.3) is 0 Å². The smallest absolute Gasteiger partial charge is 0.269 e. The Morgan fingerprint density at radius 1 is 1.03 bits per heavy atom. The molecular formula is C19H23N3O6S. The maximum atomic E-state index is 12.2. The number of primary sulfonamides is 1. The summed E-state index contributed by atoms with van der Waals surface area (Å²) in [6.07, 6.45) is 0.463. The van der Waals surface area contributed by atoms with Gasteiger partial charge in [-0.15, -0.1) is 0 Å². The van der Waals surface area contributed by atoms with E-state index in [0.717, 1.165) is 5.56 Å². The molecule has 0 spiro atoms. The average Bonchev–Trinajstić information content (AvgIpc) is 2.70. The minimum absolute atomic E-state index is 0.00347. The van der Waals surface area contributed by atoms with Crippen molar-refractivity contribution in [2.75, 3.05) is 13.7 Å². The van der Waals surface area contributed by atoms with Crippen LogP contribution in [0.2, 0.25) is 0 Å². The van der Waals surface area contributed by atoms with Crippen molar-refractivity contribution >= 4 is 21.8 Å². The molecule has 0 unspecified atom stereocenters. The van der Waals surface area contributed by atoms with E-state index in [2.05, 4.69) is 10.9 Å². The second-order valence-corrected chi connectivity index (χ2v) is 7.55. The van der Waals surface area contributed by atoms with Crippen molar-refractivity contribution in [2.24, 2.45) is 5.14 Å². The van der Waals surface area contributed by atoms with Crippen LogP contribution in [0.3, 0.4) is 0 Å². The topological polar surface area (TPSA) is 137 Å². The number of ether oxygens (including phenoxy) is 2. The predicted molar refractivity (Wildman–Crippen MR) is 106 cm³/mol. The molecule has 0 atom stereocenters. The maximum Gasteiger partial charge on any atom is 0.269 e. The van der Waals surface area contributed by atoms with E-state index >= 15 is 0 Å². The molecule has 0 aliphatic carbocycles. The van der Waals surface area contributed by atoms with Crippen molar-refractivity contribution in [1.29, 1.82) is 0 Å². The maximum absolute atomic E-state index is 12.2. The molecule has 0 saturated heterocycles. The van der Waals surface area contributed by atoms with Crippen molar-refractivity contribution < 1.29 is 27.5 Å². The Bertz CT molecular complexity index is 974. The molecular weight excluding hydrogens is 398 g/mol. The van der Waals surface area contributed by atoms with Gasteiger partial charge in [0.1, 0.15) is 0 Å². The number of hydrogen-bond acceptors (Lipinski definition) is 6. The molecule has 4 N–H and O–H groups in total. The van der Waals surface area contributed by atoms with Crippen LogP contribution >= 0.6 is 0 Å². The fourth-order valence-corrected chi connectivity index (χ4v) is 2.96. The molecule has 0 aromatic heterocycles. The minimum Gasteiger partial charge on any atom is -0.493 e. The van der Waals surface area contributed by atoms with Crippen LogP contribution < -0.4 is 25.5 Å². The summed E-state index contributed by atoms with van der Waals surface area (Å²) < 4.78 is 33.0. The number of sulfonamides is 1. The van der Waals surface area contributed by atoms with Gasteiger partial charge in [-0.25, -0.2) is 13.6 Å². The number of hydrogen-bond donors (Lipinski definition) is 3. The number of amides is 2. The first-order chi connectivity index (χ1) is 13.7. The molecule has 0 aliphatic rings. The second-order valence-electron chi connectivity index (χ2n) is 5.99. The first kappa shape index (κ1) is 22.2. The first-order valence-corrected chi connectivity index (χ1v) is 10.3. The van der Waals surface area contributed by atoms with Gasteiger partial charge in [-0.05, 0) is 49.2 Å². The Labute approximate surface area is 169 Å². The molecule has 0 bridgehead atoms. The Morgan fingerprint density at radius 3 is 2.31 bits per heavy atom. The van der Waals surface area contributed by atoms with E-state index in [-0.39, 0.29) is 11.3 Å². The van der Waals surface area contributed by atoms with Crippen molar-refractivity contribution in [1.82, 2.24) is 10.9 Å². The summed E-state index contributed by atoms with van der Waals surface area (Å²) in [7, 11) is -2.28. The lowest BCUT2D eigenvalue weighted by atomic mass is 10.1. The number of aryl methyl sites for hydroxylation is 1. The zero-order valence-corrected chi connectivity index (χ0v) is 16.9. The van der Waals surface area contributed by atoms with E-state index in [4.69, 9.17) is 14.6 Å². The number of benzene rings is 2. The van der Waals surface area contributed by atoms with Crippen molar-refractivity contribution in [2.45, 2.75) is 24.7 Å². The number of hydrazine groups is 1. The summed E-state index contributed by atoms with van der Waals surface area (Å²) in [4.78, 5) is 24.2. The molecule has 0 saturated carbocycles. The van der Waals surface area contributed by atoms with Crippen molar-refractivity contribution in [3.05, 3.63) is 53.6 Å². The number of rotatable bonds is 8. The normalized spacial score (nSPS) is 10.9. The van der Waals surface area contributed by atoms with Gasteiger partial charge >= 0.3 is 0 Å². The van der Waals surface area contributed by atoms with Gasteiger partial charge in [-0.2, -0.15) is 0 Å². The summed E-state index contributed by atoms with van der Waals surface area (Å²) in [6, 6.07) is 10.6. The van der Waals surface area contributed by atoms with E-state index in [1.807, 2.05) is 6.92 Å². The quantitative estimate of drug-likeness (QED) is 0.547. The van der Waals surface area contributed by atoms with Gasteiger partial charge < -0.3 is 9.47 Å². The monoisotopic (exact) mass is 421 g/mol. The molecule has 0 aliphatic heterocycles. The highest BCUT2D eigenvalue weighted by Crippen LogP contribution is 2.27. The number of methoxy groups -OCH3 is 1. The van der Waals surface area contributed by atoms with Crippen molar-refractivity contribution in [3.63, 3.8) is 0 Å². The summed E-state index contributed by atoms with van der Waals surface area (Å²) >= 11 is 0. The summed E-state index contributed by atoms with van der Waals surface area (Å²) in [5.41, 5.74) is 5.73. The third-order valence-corrected chi connectivity index (χ3v) is 4.86. The number of carbonyl (C=O) groups is 2. The van der Waals surface area contributed by atoms with Crippen LogP contribution in [0.15, 0.2) is 47.4 Å². The number of carbonyl (C=O) groups excluding carboxylic acids is 2. The third kappa shape index (κ3) is 6.47. The lowest BCUT2D eigenvalue weighted by molar-refractivity contribution is -0.121. The van der Waals surface area contributed by atoms with E-state index in [0.29, 0.717) is 30.1 Å². The molecule has 29 heavy (non-hydrogen) atoms. The van der Waals surface area contributed by atoms with Gasteiger partial charge in [-0.1, -0.05) is 12.1 Å². The fraction of sp³-hybridized carbons (Fsp3) is 0.263. The molecule has 2 aromatic rings. The SMILES string of the molecule is CCOc1ccc(C(=O)NNC(=O)CCc2ccc(S(N)(=O)=O)cc2)cc1OC. The average molecular weight is 421 g/mol. The van der Waals surface area contributed by atoms with Gasteiger partial charge in [0.05, 0.1) is 18.6 Å². The molecule has 2 amide bonds. The number of nitrogens with two attached hydrogens (primary N) is 1. The Morgan fingerprint density at radius 2 is 1.72 bits per heavy atom. The van der Waals surface area contributed by atoms with Crippen LogP contribution in [-0.4, -0.2) is 33.9 Å². The molecule has 0 radical (unpaired) electrons. The highest BCUT2D eigenvalue weighted by atomic mass is 32.2. The molecule has 2 aromatic carbocycles. The zero-order valence-electron chi connectivity index (χ0n) is 16.1. The van der Waals surface area contributed by atoms with Crippen LogP contribution in [0.1, 0.15) is 29.3 Å². The minimum atomic E-state index is -3.75. The fourth-order valence-electron chi connectivity index (χ4n) is 2.45. The van der Waals surface area contributed by atoms with E-state index in [1.165, 1.54) is 25.3 Å². The largest absolute Gasteiger partial charge is 0.493 e. The van der Waals surface area contributed by atoms with Crippen LogP contribution in [0.5, 0.6) is 11.5 Å². The lowest BCUT2D eigenvalue weighted by Crippen LogP contribution is -2.41. The van der Waals surface area contributed by atoms with Crippen LogP contribution in [0, 0.1) is 0 Å². The van der Waals surface area contributed by atoms with Gasteiger partial charge in [0.25, 0.3) is 5.91 Å². The summed E-state index contributed by atoms with van der Waals surface area (Å²) in [6.45, 7) is 2.30. The lowest BCUT2D eigenvalue weighted by Gasteiger charge is -2.11. The Kier molecular flexibility index (Phi) is 7.57. The molecule has 156 valence electrons. The third-order valence-electron chi connectivity index (χ3n) is 3.93. The van der Waals surface area contributed by atoms with Gasteiger partial charge in [0.2, 0.25) is 15.9 Å². The summed E-state index contributed by atoms with van der Waals surface area (Å²) in [5, 5.41) is 5.04. The van der Waals surface area contributed by atoms with Crippen LogP contribution in [0.4, 0.5) is 0 Å². The van der Waals surface area contributed by atoms with E-state index in [1.54, 1.807) is 24.3 Å². The predicted octanol–water partition coefficient (Wildman–Crippen LogP) is 1.14. The van der Waals surface area contributed by atoms with Crippen molar-refractivity contribution in [3.8, 4) is 11.5 Å². The molecule has 0 fully saturated rings. The standard InChI is InChI=1S/C19H23N3O6S/c1-3-28-16-10-7-14(12-17(16)27-2)19(24)22-21-18(23)11-6-13-4-8-15(9-5-13)29(20,25)26/h4-5,7-10,12H,3,6,11H2,1-2H3,(H,21,23)(H,22,24)(H2,20,25,26). The van der Waals surface area contributed by atoms with E-state index in [9.17, 15) is 18.0 Å².